The van der Waals surface area contributed by atoms with Gasteiger partial charge in [-0.2, -0.15) is 12.6 Å². The van der Waals surface area contributed by atoms with E-state index < -0.39 is 0 Å². The monoisotopic (exact) mass is 313 g/mol. The van der Waals surface area contributed by atoms with E-state index in [1.54, 1.807) is 0 Å². The van der Waals surface area contributed by atoms with E-state index >= 15 is 0 Å². The summed E-state index contributed by atoms with van der Waals surface area (Å²) in [7, 11) is 0. The second-order valence-electron chi connectivity index (χ2n) is 5.88. The topological polar surface area (TPSA) is 43.1 Å². The van der Waals surface area contributed by atoms with Crippen molar-refractivity contribution < 1.29 is 4.79 Å². The van der Waals surface area contributed by atoms with Crippen LogP contribution in [0.1, 0.15) is 89.9 Å². The third kappa shape index (κ3) is 19.6. The van der Waals surface area contributed by atoms with Gasteiger partial charge < -0.3 is 5.73 Å². The number of rotatable bonds is 16. The molecule has 2 nitrogen and oxygen atoms in total. The predicted octanol–water partition coefficient (Wildman–Crippen LogP) is 5.42. The molecule has 0 aromatic heterocycles. The number of hydrogen-bond donors (Lipinski definition) is 2. The van der Waals surface area contributed by atoms with Gasteiger partial charge in [0.15, 0.2) is 0 Å². The van der Waals surface area contributed by atoms with Gasteiger partial charge in [0.1, 0.15) is 0 Å². The fourth-order valence-corrected chi connectivity index (χ4v) is 2.63. The number of thiol groups is 1. The van der Waals surface area contributed by atoms with Crippen LogP contribution < -0.4 is 5.73 Å². The van der Waals surface area contributed by atoms with Crippen LogP contribution in [0.3, 0.4) is 0 Å². The van der Waals surface area contributed by atoms with Gasteiger partial charge >= 0.3 is 0 Å². The number of hydrogen-bond acceptors (Lipinski definition) is 2. The third-order valence-electron chi connectivity index (χ3n) is 3.74. The summed E-state index contributed by atoms with van der Waals surface area (Å²) in [6.07, 6.45) is 21.6. The molecule has 0 saturated carbocycles. The Morgan fingerprint density at radius 1 is 0.714 bits per heavy atom. The van der Waals surface area contributed by atoms with Crippen molar-refractivity contribution in [1.29, 1.82) is 0 Å². The van der Waals surface area contributed by atoms with Crippen molar-refractivity contribution in [1.82, 2.24) is 0 Å². The number of amides is 1. The minimum absolute atomic E-state index is 0.167. The van der Waals surface area contributed by atoms with Crippen LogP contribution in [-0.4, -0.2) is 11.7 Å². The molecule has 3 heteroatoms. The number of allylic oxidation sites excluding steroid dienone is 2. The Hall–Kier alpha value is -0.440. The van der Waals surface area contributed by atoms with Crippen molar-refractivity contribution in [2.45, 2.75) is 89.9 Å². The van der Waals surface area contributed by atoms with Crippen LogP contribution in [0.4, 0.5) is 0 Å². The average molecular weight is 314 g/mol. The SMILES string of the molecule is NC(=O)CCCCCCCC=CCCCCCCCCS. The third-order valence-corrected chi connectivity index (χ3v) is 4.06. The molecule has 0 radical (unpaired) electrons. The minimum atomic E-state index is -0.167. The summed E-state index contributed by atoms with van der Waals surface area (Å²) < 4.78 is 0. The Kier molecular flexibility index (Phi) is 17.2. The molecular weight excluding hydrogens is 278 g/mol. The Labute approximate surface area is 137 Å². The normalized spacial score (nSPS) is 11.3. The first kappa shape index (κ1) is 20.6. The summed E-state index contributed by atoms with van der Waals surface area (Å²) in [5.74, 6) is 0.869. The fraction of sp³-hybridized carbons (Fsp3) is 0.833. The van der Waals surface area contributed by atoms with Crippen molar-refractivity contribution in [3.05, 3.63) is 12.2 Å². The molecule has 0 saturated heterocycles. The van der Waals surface area contributed by atoms with Crippen LogP contribution in [0.2, 0.25) is 0 Å². The zero-order valence-electron chi connectivity index (χ0n) is 13.7. The van der Waals surface area contributed by atoms with E-state index in [0.29, 0.717) is 6.42 Å². The van der Waals surface area contributed by atoms with E-state index in [1.165, 1.54) is 70.6 Å². The van der Waals surface area contributed by atoms with Crippen LogP contribution in [0, 0.1) is 0 Å². The maximum Gasteiger partial charge on any atom is 0.217 e. The highest BCUT2D eigenvalue weighted by Gasteiger charge is 1.94. The molecule has 0 aromatic carbocycles. The van der Waals surface area contributed by atoms with Crippen LogP contribution in [0.25, 0.3) is 0 Å². The summed E-state index contributed by atoms with van der Waals surface area (Å²) in [6, 6.07) is 0. The molecule has 0 heterocycles. The highest BCUT2D eigenvalue weighted by Crippen LogP contribution is 2.10. The molecule has 0 atom stereocenters. The van der Waals surface area contributed by atoms with Gasteiger partial charge in [-0.3, -0.25) is 4.79 Å². The second kappa shape index (κ2) is 17.6. The molecule has 0 aliphatic heterocycles. The average Bonchev–Trinajstić information content (AvgIpc) is 2.46. The predicted molar refractivity (Wildman–Crippen MR) is 96.8 cm³/mol. The van der Waals surface area contributed by atoms with Gasteiger partial charge in [-0.15, -0.1) is 0 Å². The van der Waals surface area contributed by atoms with E-state index in [9.17, 15) is 4.79 Å². The van der Waals surface area contributed by atoms with E-state index in [0.717, 1.165) is 18.6 Å². The molecule has 0 spiro atoms. The largest absolute Gasteiger partial charge is 0.370 e. The maximum atomic E-state index is 10.6. The standard InChI is InChI=1S/C18H35NOS/c19-18(20)16-14-12-10-8-6-4-2-1-3-5-7-9-11-13-15-17-21/h1-2,21H,3-17H2,(H2,19,20). The van der Waals surface area contributed by atoms with Gasteiger partial charge in [-0.05, 0) is 44.3 Å². The molecule has 0 aliphatic rings. The van der Waals surface area contributed by atoms with Gasteiger partial charge in [0.05, 0.1) is 0 Å². The summed E-state index contributed by atoms with van der Waals surface area (Å²) >= 11 is 4.22. The first-order chi connectivity index (χ1) is 10.3. The molecule has 0 aromatic rings. The zero-order chi connectivity index (χ0) is 15.6. The second-order valence-corrected chi connectivity index (χ2v) is 6.32. The lowest BCUT2D eigenvalue weighted by atomic mass is 10.1. The highest BCUT2D eigenvalue weighted by molar-refractivity contribution is 7.80. The van der Waals surface area contributed by atoms with E-state index in [-0.39, 0.29) is 5.91 Å². The molecule has 0 rings (SSSR count). The zero-order valence-corrected chi connectivity index (χ0v) is 14.6. The number of unbranched alkanes of at least 4 members (excludes halogenated alkanes) is 11. The molecular formula is C18H35NOS. The van der Waals surface area contributed by atoms with Gasteiger partial charge in [0.2, 0.25) is 5.91 Å². The summed E-state index contributed by atoms with van der Waals surface area (Å²) in [6.45, 7) is 0. The number of carbonyl (C=O) groups excluding carboxylic acids is 1. The van der Waals surface area contributed by atoms with Crippen molar-refractivity contribution in [3.63, 3.8) is 0 Å². The Balaban J connectivity index is 3.07. The summed E-state index contributed by atoms with van der Waals surface area (Å²) in [5, 5.41) is 0. The van der Waals surface area contributed by atoms with E-state index in [4.69, 9.17) is 5.73 Å². The molecule has 0 aliphatic carbocycles. The maximum absolute atomic E-state index is 10.6. The highest BCUT2D eigenvalue weighted by atomic mass is 32.1. The van der Waals surface area contributed by atoms with Gasteiger partial charge in [-0.1, -0.05) is 57.1 Å². The van der Waals surface area contributed by atoms with E-state index in [2.05, 4.69) is 24.8 Å². The first-order valence-electron chi connectivity index (χ1n) is 8.81. The van der Waals surface area contributed by atoms with Crippen molar-refractivity contribution in [2.24, 2.45) is 5.73 Å². The Bertz CT molecular complexity index is 254. The van der Waals surface area contributed by atoms with Gasteiger partial charge in [0.25, 0.3) is 0 Å². The van der Waals surface area contributed by atoms with Crippen LogP contribution in [0.15, 0.2) is 12.2 Å². The molecule has 0 bridgehead atoms. The van der Waals surface area contributed by atoms with Gasteiger partial charge in [0, 0.05) is 6.42 Å². The summed E-state index contributed by atoms with van der Waals surface area (Å²) in [5.41, 5.74) is 5.10. The van der Waals surface area contributed by atoms with Crippen molar-refractivity contribution >= 4 is 18.5 Å². The van der Waals surface area contributed by atoms with Crippen LogP contribution in [-0.2, 0) is 4.79 Å². The Morgan fingerprint density at radius 2 is 1.14 bits per heavy atom. The molecule has 2 N–H and O–H groups in total. The quantitative estimate of drug-likeness (QED) is 0.223. The number of primary amides is 1. The van der Waals surface area contributed by atoms with Crippen LogP contribution >= 0.6 is 12.6 Å². The fourth-order valence-electron chi connectivity index (χ4n) is 2.41. The molecule has 21 heavy (non-hydrogen) atoms. The molecule has 124 valence electrons. The van der Waals surface area contributed by atoms with Gasteiger partial charge in [-0.25, -0.2) is 0 Å². The Morgan fingerprint density at radius 3 is 1.62 bits per heavy atom. The number of carbonyl (C=O) groups is 1. The van der Waals surface area contributed by atoms with Crippen molar-refractivity contribution in [2.75, 3.05) is 5.75 Å². The minimum Gasteiger partial charge on any atom is -0.370 e. The number of nitrogens with two attached hydrogens (primary N) is 1. The smallest absolute Gasteiger partial charge is 0.217 e. The lowest BCUT2D eigenvalue weighted by Crippen LogP contribution is -2.09. The molecule has 0 fully saturated rings. The molecule has 0 unspecified atom stereocenters. The van der Waals surface area contributed by atoms with Crippen molar-refractivity contribution in [3.8, 4) is 0 Å². The lowest BCUT2D eigenvalue weighted by Gasteiger charge is -1.99. The van der Waals surface area contributed by atoms with E-state index in [1.807, 2.05) is 0 Å². The molecule has 1 amide bonds. The van der Waals surface area contributed by atoms with Crippen LogP contribution in [0.5, 0.6) is 0 Å². The lowest BCUT2D eigenvalue weighted by molar-refractivity contribution is -0.118. The summed E-state index contributed by atoms with van der Waals surface area (Å²) in [4.78, 5) is 10.6. The first-order valence-corrected chi connectivity index (χ1v) is 9.44.